The summed E-state index contributed by atoms with van der Waals surface area (Å²) in [4.78, 5) is 13.9. The lowest BCUT2D eigenvalue weighted by Gasteiger charge is -2.36. The highest BCUT2D eigenvalue weighted by Crippen LogP contribution is 2.19. The summed E-state index contributed by atoms with van der Waals surface area (Å²) >= 11 is 0. The smallest absolute Gasteiger partial charge is 0.228 e. The molecule has 0 saturated carbocycles. The first kappa shape index (κ1) is 13.7. The molecule has 2 fully saturated rings. The number of piperidine rings is 1. The number of ether oxygens (including phenoxy) is 1. The molecule has 1 N–H and O–H groups in total. The highest BCUT2D eigenvalue weighted by atomic mass is 35.5. The van der Waals surface area contributed by atoms with Crippen molar-refractivity contribution in [2.75, 3.05) is 39.9 Å². The van der Waals surface area contributed by atoms with Gasteiger partial charge in [0.05, 0.1) is 5.92 Å². The van der Waals surface area contributed by atoms with Gasteiger partial charge in [-0.3, -0.25) is 4.79 Å². The van der Waals surface area contributed by atoms with E-state index >= 15 is 0 Å². The number of hydrogen-bond acceptors (Lipinski definition) is 3. The molecule has 2 rings (SSSR count). The van der Waals surface area contributed by atoms with Gasteiger partial charge in [0, 0.05) is 39.9 Å². The second-order valence-corrected chi connectivity index (χ2v) is 4.58. The van der Waals surface area contributed by atoms with Crippen LogP contribution in [0.5, 0.6) is 0 Å². The van der Waals surface area contributed by atoms with Crippen molar-refractivity contribution in [3.63, 3.8) is 0 Å². The number of halogens is 1. The van der Waals surface area contributed by atoms with Crippen molar-refractivity contribution >= 4 is 18.3 Å². The molecule has 0 unspecified atom stereocenters. The van der Waals surface area contributed by atoms with Gasteiger partial charge in [0.15, 0.2) is 0 Å². The maximum atomic E-state index is 11.9. The van der Waals surface area contributed by atoms with Crippen LogP contribution in [0.4, 0.5) is 0 Å². The second kappa shape index (κ2) is 6.42. The third-order valence-electron chi connectivity index (χ3n) is 3.46. The molecule has 1 amide bonds. The lowest BCUT2D eigenvalue weighted by molar-refractivity contribution is -0.138. The Hall–Kier alpha value is -0.320. The molecule has 0 aromatic heterocycles. The second-order valence-electron chi connectivity index (χ2n) is 4.58. The maximum absolute atomic E-state index is 11.9. The molecule has 0 aliphatic carbocycles. The molecule has 0 radical (unpaired) electrons. The number of rotatable bonds is 3. The van der Waals surface area contributed by atoms with E-state index in [9.17, 15) is 4.79 Å². The third kappa shape index (κ3) is 3.09. The van der Waals surface area contributed by atoms with Gasteiger partial charge in [-0.25, -0.2) is 0 Å². The van der Waals surface area contributed by atoms with Gasteiger partial charge in [0.1, 0.15) is 0 Å². The average molecular weight is 249 g/mol. The molecule has 2 aliphatic rings. The van der Waals surface area contributed by atoms with Gasteiger partial charge in [0.25, 0.3) is 0 Å². The Balaban J connectivity index is 0.00000128. The van der Waals surface area contributed by atoms with Gasteiger partial charge in [-0.15, -0.1) is 12.4 Å². The standard InChI is InChI=1S/C11H20N2O2.ClH/c1-15-8-9-2-4-13(5-3-9)11(14)10-6-12-7-10;/h9-10,12H,2-8H2,1H3;1H. The van der Waals surface area contributed by atoms with Gasteiger partial charge in [-0.2, -0.15) is 0 Å². The van der Waals surface area contributed by atoms with Gasteiger partial charge in [-0.1, -0.05) is 0 Å². The minimum Gasteiger partial charge on any atom is -0.384 e. The first-order valence-corrected chi connectivity index (χ1v) is 5.79. The fraction of sp³-hybridized carbons (Fsp3) is 0.909. The molecule has 0 aromatic carbocycles. The van der Waals surface area contributed by atoms with Crippen molar-refractivity contribution < 1.29 is 9.53 Å². The number of carbonyl (C=O) groups excluding carboxylic acids is 1. The quantitative estimate of drug-likeness (QED) is 0.792. The van der Waals surface area contributed by atoms with Crippen LogP contribution < -0.4 is 5.32 Å². The van der Waals surface area contributed by atoms with Gasteiger partial charge in [0.2, 0.25) is 5.91 Å². The summed E-state index contributed by atoms with van der Waals surface area (Å²) in [6.45, 7) is 4.42. The fourth-order valence-corrected chi connectivity index (χ4v) is 2.28. The van der Waals surface area contributed by atoms with Crippen LogP contribution in [0.1, 0.15) is 12.8 Å². The SMILES string of the molecule is COCC1CCN(C(=O)C2CNC2)CC1.Cl. The van der Waals surface area contributed by atoms with E-state index in [1.807, 2.05) is 4.90 Å². The molecule has 4 nitrogen and oxygen atoms in total. The normalized spacial score (nSPS) is 22.4. The summed E-state index contributed by atoms with van der Waals surface area (Å²) in [5, 5.41) is 3.14. The molecular weight excluding hydrogens is 228 g/mol. The Kier molecular flexibility index (Phi) is 5.52. The first-order chi connectivity index (χ1) is 7.31. The van der Waals surface area contributed by atoms with E-state index in [1.54, 1.807) is 7.11 Å². The van der Waals surface area contributed by atoms with E-state index in [-0.39, 0.29) is 18.3 Å². The number of methoxy groups -OCH3 is 1. The topological polar surface area (TPSA) is 41.6 Å². The molecule has 5 heteroatoms. The minimum atomic E-state index is 0. The molecule has 16 heavy (non-hydrogen) atoms. The highest BCUT2D eigenvalue weighted by molar-refractivity contribution is 5.85. The van der Waals surface area contributed by atoms with Crippen molar-refractivity contribution in [2.24, 2.45) is 11.8 Å². The van der Waals surface area contributed by atoms with E-state index in [2.05, 4.69) is 5.32 Å². The van der Waals surface area contributed by atoms with Crippen molar-refractivity contribution in [1.82, 2.24) is 10.2 Å². The molecule has 2 heterocycles. The third-order valence-corrected chi connectivity index (χ3v) is 3.46. The molecule has 0 atom stereocenters. The number of nitrogens with zero attached hydrogens (tertiary/aromatic N) is 1. The van der Waals surface area contributed by atoms with E-state index in [4.69, 9.17) is 4.74 Å². The minimum absolute atomic E-state index is 0. The number of nitrogens with one attached hydrogen (secondary N) is 1. The van der Waals surface area contributed by atoms with Gasteiger partial charge >= 0.3 is 0 Å². The number of hydrogen-bond donors (Lipinski definition) is 1. The van der Waals surface area contributed by atoms with Crippen LogP contribution in [-0.4, -0.2) is 50.7 Å². The summed E-state index contributed by atoms with van der Waals surface area (Å²) in [7, 11) is 1.75. The van der Waals surface area contributed by atoms with Crippen molar-refractivity contribution in [2.45, 2.75) is 12.8 Å². The monoisotopic (exact) mass is 248 g/mol. The summed E-state index contributed by atoms with van der Waals surface area (Å²) in [6, 6.07) is 0. The summed E-state index contributed by atoms with van der Waals surface area (Å²) in [5.41, 5.74) is 0. The van der Waals surface area contributed by atoms with Crippen LogP contribution in [0.2, 0.25) is 0 Å². The van der Waals surface area contributed by atoms with Crippen molar-refractivity contribution in [1.29, 1.82) is 0 Å². The molecule has 0 spiro atoms. The van der Waals surface area contributed by atoms with Gasteiger partial charge in [-0.05, 0) is 18.8 Å². The Morgan fingerprint density at radius 3 is 2.44 bits per heavy atom. The average Bonchev–Trinajstić information content (AvgIpc) is 2.16. The van der Waals surface area contributed by atoms with Crippen LogP contribution in [0.15, 0.2) is 0 Å². The Morgan fingerprint density at radius 2 is 2.00 bits per heavy atom. The van der Waals surface area contributed by atoms with E-state index in [0.29, 0.717) is 11.8 Å². The van der Waals surface area contributed by atoms with Crippen LogP contribution >= 0.6 is 12.4 Å². The number of carbonyl (C=O) groups is 1. The fourth-order valence-electron chi connectivity index (χ4n) is 2.28. The Bertz CT molecular complexity index is 226. The summed E-state index contributed by atoms with van der Waals surface area (Å²) in [5.74, 6) is 1.26. The van der Waals surface area contributed by atoms with Gasteiger partial charge < -0.3 is 15.0 Å². The molecule has 2 aliphatic heterocycles. The molecule has 94 valence electrons. The van der Waals surface area contributed by atoms with Crippen LogP contribution in [-0.2, 0) is 9.53 Å². The predicted molar refractivity (Wildman–Crippen MR) is 64.8 cm³/mol. The number of amides is 1. The lowest BCUT2D eigenvalue weighted by atomic mass is 9.95. The molecule has 2 saturated heterocycles. The highest BCUT2D eigenvalue weighted by Gasteiger charge is 2.31. The molecule has 0 bridgehead atoms. The lowest BCUT2D eigenvalue weighted by Crippen LogP contribution is -2.53. The maximum Gasteiger partial charge on any atom is 0.228 e. The summed E-state index contributed by atoms with van der Waals surface area (Å²) in [6.07, 6.45) is 2.19. The van der Waals surface area contributed by atoms with Crippen LogP contribution in [0, 0.1) is 11.8 Å². The number of likely N-dealkylation sites (tertiary alicyclic amines) is 1. The van der Waals surface area contributed by atoms with Crippen LogP contribution in [0.25, 0.3) is 0 Å². The zero-order valence-corrected chi connectivity index (χ0v) is 10.6. The Labute approximate surface area is 103 Å². The zero-order valence-electron chi connectivity index (χ0n) is 9.78. The van der Waals surface area contributed by atoms with E-state index < -0.39 is 0 Å². The van der Waals surface area contributed by atoms with E-state index in [1.165, 1.54) is 0 Å². The molecule has 0 aromatic rings. The zero-order chi connectivity index (χ0) is 10.7. The first-order valence-electron chi connectivity index (χ1n) is 5.79. The van der Waals surface area contributed by atoms with E-state index in [0.717, 1.165) is 45.6 Å². The van der Waals surface area contributed by atoms with Crippen molar-refractivity contribution in [3.8, 4) is 0 Å². The largest absolute Gasteiger partial charge is 0.384 e. The summed E-state index contributed by atoms with van der Waals surface area (Å²) < 4.78 is 5.14. The Morgan fingerprint density at radius 1 is 1.38 bits per heavy atom. The predicted octanol–water partition coefficient (Wildman–Crippen LogP) is 0.513. The molecular formula is C11H21ClN2O2. The van der Waals surface area contributed by atoms with Crippen molar-refractivity contribution in [3.05, 3.63) is 0 Å². The van der Waals surface area contributed by atoms with Crippen LogP contribution in [0.3, 0.4) is 0 Å².